The molecule has 0 unspecified atom stereocenters. The van der Waals surface area contributed by atoms with Gasteiger partial charge in [-0.2, -0.15) is 0 Å². The summed E-state index contributed by atoms with van der Waals surface area (Å²) in [6.07, 6.45) is 0.614. The molecule has 0 fully saturated rings. The van der Waals surface area contributed by atoms with E-state index in [1.807, 2.05) is 13.8 Å². The molecular formula is C12H19N3O2S. The minimum Gasteiger partial charge on any atom is -0.357 e. The molecule has 100 valence electrons. The molecule has 1 aromatic heterocycles. The van der Waals surface area contributed by atoms with Crippen LogP contribution < -0.4 is 10.6 Å². The third-order valence-corrected chi connectivity index (χ3v) is 3.45. The minimum atomic E-state index is -0.496. The molecule has 2 N–H and O–H groups in total. The van der Waals surface area contributed by atoms with Gasteiger partial charge in [0, 0.05) is 7.05 Å². The van der Waals surface area contributed by atoms with Crippen molar-refractivity contribution >= 4 is 23.2 Å². The average Bonchev–Trinajstić information content (AvgIpc) is 2.73. The molecule has 0 aliphatic rings. The van der Waals surface area contributed by atoms with Crippen LogP contribution >= 0.6 is 11.3 Å². The third kappa shape index (κ3) is 3.80. The van der Waals surface area contributed by atoms with E-state index in [4.69, 9.17) is 0 Å². The number of amides is 2. The highest BCUT2D eigenvalue weighted by molar-refractivity contribution is 7.11. The van der Waals surface area contributed by atoms with Crippen LogP contribution in [0.5, 0.6) is 0 Å². The highest BCUT2D eigenvalue weighted by Gasteiger charge is 2.22. The fraction of sp³-hybridized carbons (Fsp3) is 0.583. The molecule has 2 amide bonds. The molecule has 5 nitrogen and oxygen atoms in total. The molecule has 0 aliphatic heterocycles. The molecule has 0 radical (unpaired) electrons. The van der Waals surface area contributed by atoms with E-state index in [0.717, 1.165) is 0 Å². The number of aromatic nitrogens is 1. The van der Waals surface area contributed by atoms with Gasteiger partial charge in [0.25, 0.3) is 5.91 Å². The Hall–Kier alpha value is -1.43. The molecule has 18 heavy (non-hydrogen) atoms. The summed E-state index contributed by atoms with van der Waals surface area (Å²) in [6.45, 7) is 5.81. The van der Waals surface area contributed by atoms with Crippen LogP contribution in [0.4, 0.5) is 0 Å². The molecule has 6 heteroatoms. The smallest absolute Gasteiger partial charge is 0.263 e. The second kappa shape index (κ2) is 6.49. The Labute approximate surface area is 111 Å². The van der Waals surface area contributed by atoms with Crippen molar-refractivity contribution in [2.24, 2.45) is 5.92 Å². The fourth-order valence-electron chi connectivity index (χ4n) is 1.62. The normalized spacial score (nSPS) is 12.3. The highest BCUT2D eigenvalue weighted by atomic mass is 32.1. The number of hydrogen-bond acceptors (Lipinski definition) is 4. The zero-order valence-electron chi connectivity index (χ0n) is 11.1. The summed E-state index contributed by atoms with van der Waals surface area (Å²) in [5.74, 6) is -0.0707. The summed E-state index contributed by atoms with van der Waals surface area (Å²) in [6, 6.07) is -0.496. The Kier molecular flexibility index (Phi) is 5.27. The van der Waals surface area contributed by atoms with Crippen LogP contribution in [0.1, 0.15) is 35.6 Å². The van der Waals surface area contributed by atoms with E-state index in [1.165, 1.54) is 11.3 Å². The maximum Gasteiger partial charge on any atom is 0.263 e. The van der Waals surface area contributed by atoms with Gasteiger partial charge in [0.2, 0.25) is 5.91 Å². The molecular weight excluding hydrogens is 250 g/mol. The van der Waals surface area contributed by atoms with Crippen LogP contribution in [-0.4, -0.2) is 29.9 Å². The molecule has 0 bridgehead atoms. The molecule has 1 rings (SSSR count). The topological polar surface area (TPSA) is 71.1 Å². The molecule has 0 aromatic carbocycles. The van der Waals surface area contributed by atoms with Crippen LogP contribution in [0.15, 0.2) is 5.51 Å². The van der Waals surface area contributed by atoms with E-state index in [1.54, 1.807) is 19.5 Å². The van der Waals surface area contributed by atoms with Crippen molar-refractivity contribution in [2.75, 3.05) is 7.05 Å². The summed E-state index contributed by atoms with van der Waals surface area (Å²) < 4.78 is 0. The maximum atomic E-state index is 12.0. The van der Waals surface area contributed by atoms with E-state index in [-0.39, 0.29) is 11.8 Å². The molecule has 0 aliphatic carbocycles. The summed E-state index contributed by atoms with van der Waals surface area (Å²) in [4.78, 5) is 28.3. The van der Waals surface area contributed by atoms with Gasteiger partial charge in [-0.3, -0.25) is 9.59 Å². The zero-order chi connectivity index (χ0) is 13.7. The lowest BCUT2D eigenvalue weighted by Crippen LogP contribution is -2.46. The quantitative estimate of drug-likeness (QED) is 0.847. The summed E-state index contributed by atoms with van der Waals surface area (Å²) in [7, 11) is 1.57. The number of rotatable bonds is 5. The van der Waals surface area contributed by atoms with Crippen molar-refractivity contribution in [1.82, 2.24) is 15.6 Å². The number of thiazole rings is 1. The van der Waals surface area contributed by atoms with Crippen LogP contribution in [0, 0.1) is 12.8 Å². The van der Waals surface area contributed by atoms with Gasteiger partial charge in [-0.25, -0.2) is 4.98 Å². The minimum absolute atomic E-state index is 0.167. The van der Waals surface area contributed by atoms with E-state index in [2.05, 4.69) is 15.6 Å². The number of aryl methyl sites for hydroxylation is 1. The first-order valence-electron chi connectivity index (χ1n) is 5.88. The first-order valence-corrected chi connectivity index (χ1v) is 6.76. The molecule has 0 saturated carbocycles. The SMILES string of the molecule is CNC(=O)[C@H](CC(C)C)NC(=O)c1scnc1C. The van der Waals surface area contributed by atoms with Crippen molar-refractivity contribution in [2.45, 2.75) is 33.2 Å². The van der Waals surface area contributed by atoms with Gasteiger partial charge >= 0.3 is 0 Å². The molecule has 1 atom stereocenters. The Morgan fingerprint density at radius 2 is 2.11 bits per heavy atom. The van der Waals surface area contributed by atoms with Gasteiger partial charge in [0.15, 0.2) is 0 Å². The van der Waals surface area contributed by atoms with Crippen molar-refractivity contribution < 1.29 is 9.59 Å². The second-order valence-electron chi connectivity index (χ2n) is 4.54. The molecule has 0 saturated heterocycles. The average molecular weight is 269 g/mol. The lowest BCUT2D eigenvalue weighted by Gasteiger charge is -2.18. The zero-order valence-corrected chi connectivity index (χ0v) is 11.9. The summed E-state index contributed by atoms with van der Waals surface area (Å²) >= 11 is 1.28. The Morgan fingerprint density at radius 3 is 2.56 bits per heavy atom. The summed E-state index contributed by atoms with van der Waals surface area (Å²) in [5.41, 5.74) is 2.32. The molecule has 1 aromatic rings. The number of nitrogens with zero attached hydrogens (tertiary/aromatic N) is 1. The predicted molar refractivity (Wildman–Crippen MR) is 71.6 cm³/mol. The van der Waals surface area contributed by atoms with Gasteiger partial charge < -0.3 is 10.6 Å². The fourth-order valence-corrected chi connectivity index (χ4v) is 2.33. The van der Waals surface area contributed by atoms with Gasteiger partial charge in [-0.15, -0.1) is 11.3 Å². The predicted octanol–water partition coefficient (Wildman–Crippen LogP) is 1.34. The van der Waals surface area contributed by atoms with Gasteiger partial charge in [-0.05, 0) is 19.3 Å². The van der Waals surface area contributed by atoms with Gasteiger partial charge in [0.1, 0.15) is 10.9 Å². The van der Waals surface area contributed by atoms with E-state index < -0.39 is 6.04 Å². The Morgan fingerprint density at radius 1 is 1.44 bits per heavy atom. The summed E-state index contributed by atoms with van der Waals surface area (Å²) in [5, 5.41) is 5.33. The van der Waals surface area contributed by atoms with E-state index >= 15 is 0 Å². The largest absolute Gasteiger partial charge is 0.357 e. The third-order valence-electron chi connectivity index (χ3n) is 2.53. The van der Waals surface area contributed by atoms with Gasteiger partial charge in [-0.1, -0.05) is 13.8 Å². The van der Waals surface area contributed by atoms with Crippen LogP contribution in [0.2, 0.25) is 0 Å². The van der Waals surface area contributed by atoms with Crippen molar-refractivity contribution in [3.63, 3.8) is 0 Å². The van der Waals surface area contributed by atoms with Crippen LogP contribution in [0.25, 0.3) is 0 Å². The van der Waals surface area contributed by atoms with Crippen molar-refractivity contribution in [1.29, 1.82) is 0 Å². The Balaban J connectivity index is 2.74. The first kappa shape index (κ1) is 14.6. The molecule has 1 heterocycles. The lowest BCUT2D eigenvalue weighted by atomic mass is 10.0. The number of carbonyl (C=O) groups excluding carboxylic acids is 2. The number of likely N-dealkylation sites (N-methyl/N-ethyl adjacent to an activating group) is 1. The number of nitrogens with one attached hydrogen (secondary N) is 2. The number of carbonyl (C=O) groups is 2. The standard InChI is InChI=1S/C12H19N3O2S/c1-7(2)5-9(11(16)13-4)15-12(17)10-8(3)14-6-18-10/h6-7,9H,5H2,1-4H3,(H,13,16)(H,15,17)/t9-/m0/s1. The van der Waals surface area contributed by atoms with E-state index in [9.17, 15) is 9.59 Å². The second-order valence-corrected chi connectivity index (χ2v) is 5.39. The van der Waals surface area contributed by atoms with Crippen molar-refractivity contribution in [3.05, 3.63) is 16.1 Å². The van der Waals surface area contributed by atoms with Crippen LogP contribution in [-0.2, 0) is 4.79 Å². The maximum absolute atomic E-state index is 12.0. The Bertz CT molecular complexity index is 429. The van der Waals surface area contributed by atoms with E-state index in [0.29, 0.717) is 22.9 Å². The molecule has 0 spiro atoms. The monoisotopic (exact) mass is 269 g/mol. The first-order chi connectivity index (χ1) is 8.45. The number of hydrogen-bond donors (Lipinski definition) is 2. The van der Waals surface area contributed by atoms with Crippen LogP contribution in [0.3, 0.4) is 0 Å². The lowest BCUT2D eigenvalue weighted by molar-refractivity contribution is -0.122. The highest BCUT2D eigenvalue weighted by Crippen LogP contribution is 2.13. The van der Waals surface area contributed by atoms with Crippen molar-refractivity contribution in [3.8, 4) is 0 Å². The van der Waals surface area contributed by atoms with Gasteiger partial charge in [0.05, 0.1) is 11.2 Å².